The van der Waals surface area contributed by atoms with Crippen LogP contribution in [-0.2, 0) is 5.41 Å². The molecule has 0 saturated carbocycles. The third-order valence-corrected chi connectivity index (χ3v) is 13.3. The van der Waals surface area contributed by atoms with Gasteiger partial charge in [-0.3, -0.25) is 4.57 Å². The third kappa shape index (κ3) is 4.45. The van der Waals surface area contributed by atoms with Crippen molar-refractivity contribution in [3.63, 3.8) is 0 Å². The van der Waals surface area contributed by atoms with Crippen molar-refractivity contribution in [2.45, 2.75) is 19.3 Å². The van der Waals surface area contributed by atoms with Crippen molar-refractivity contribution in [1.29, 1.82) is 0 Å². The molecule has 0 N–H and O–H groups in total. The molecule has 10 aromatic carbocycles. The molecular weight excluding hydrogens is 715 g/mol. The molecule has 0 atom stereocenters. The van der Waals surface area contributed by atoms with Crippen LogP contribution in [-0.4, -0.2) is 14.1 Å². The van der Waals surface area contributed by atoms with Gasteiger partial charge in [0.2, 0.25) is 0 Å². The molecule has 0 amide bonds. The van der Waals surface area contributed by atoms with Crippen molar-refractivity contribution in [3.05, 3.63) is 199 Å². The Bertz CT molecular complexity index is 3740. The number of imidazole rings is 1. The predicted octanol–water partition coefficient (Wildman–Crippen LogP) is 14.7. The molecule has 13 rings (SSSR count). The first-order chi connectivity index (χ1) is 29.0. The molecule has 0 bridgehead atoms. The smallest absolute Gasteiger partial charge is 0.145 e. The molecule has 1 aliphatic rings. The zero-order valence-electron chi connectivity index (χ0n) is 32.7. The van der Waals surface area contributed by atoms with E-state index in [9.17, 15) is 0 Å². The van der Waals surface area contributed by atoms with Gasteiger partial charge in [-0.1, -0.05) is 135 Å². The van der Waals surface area contributed by atoms with Gasteiger partial charge in [0.25, 0.3) is 0 Å². The molecule has 2 aromatic heterocycles. The van der Waals surface area contributed by atoms with E-state index in [0.29, 0.717) is 0 Å². The van der Waals surface area contributed by atoms with Gasteiger partial charge in [-0.15, -0.1) is 0 Å². The highest BCUT2D eigenvalue weighted by atomic mass is 15.1. The SMILES string of the molecule is CC1(C)c2cc3c(cc2-c2cc4c5ccc(-c6nc7ccccc7n6-c6ccccc6)cc5n(-c5ccccc5)c4cc21)c1ccccc1c1ccc2ccccc2c13. The van der Waals surface area contributed by atoms with Gasteiger partial charge in [-0.05, 0) is 132 Å². The van der Waals surface area contributed by atoms with Gasteiger partial charge in [0.1, 0.15) is 5.82 Å². The Morgan fingerprint density at radius 1 is 0.390 bits per heavy atom. The van der Waals surface area contributed by atoms with Gasteiger partial charge < -0.3 is 4.57 Å². The van der Waals surface area contributed by atoms with Gasteiger partial charge in [-0.2, -0.15) is 0 Å². The number of aromatic nitrogens is 3. The third-order valence-electron chi connectivity index (χ3n) is 13.3. The van der Waals surface area contributed by atoms with Crippen LogP contribution in [0.3, 0.4) is 0 Å². The Labute approximate surface area is 341 Å². The first kappa shape index (κ1) is 32.6. The van der Waals surface area contributed by atoms with Crippen LogP contribution < -0.4 is 0 Å². The summed E-state index contributed by atoms with van der Waals surface area (Å²) >= 11 is 0. The molecule has 0 saturated heterocycles. The van der Waals surface area contributed by atoms with Crippen LogP contribution in [0.15, 0.2) is 188 Å². The summed E-state index contributed by atoms with van der Waals surface area (Å²) in [6.45, 7) is 4.83. The van der Waals surface area contributed by atoms with Gasteiger partial charge in [-0.25, -0.2) is 4.98 Å². The number of hydrogen-bond donors (Lipinski definition) is 0. The van der Waals surface area contributed by atoms with Crippen molar-refractivity contribution in [1.82, 2.24) is 14.1 Å². The van der Waals surface area contributed by atoms with Crippen LogP contribution in [0.2, 0.25) is 0 Å². The molecule has 3 heteroatoms. The molecule has 12 aromatic rings. The second kappa shape index (κ2) is 11.8. The highest BCUT2D eigenvalue weighted by Gasteiger charge is 2.37. The monoisotopic (exact) mass is 751 g/mol. The molecule has 59 heavy (non-hydrogen) atoms. The molecule has 276 valence electrons. The number of rotatable bonds is 3. The molecule has 0 aliphatic heterocycles. The molecule has 0 spiro atoms. The maximum atomic E-state index is 5.25. The summed E-state index contributed by atoms with van der Waals surface area (Å²) in [6.07, 6.45) is 0. The van der Waals surface area contributed by atoms with E-state index in [1.165, 1.54) is 87.1 Å². The first-order valence-electron chi connectivity index (χ1n) is 20.6. The number of nitrogens with zero attached hydrogens (tertiary/aromatic N) is 3. The quantitative estimate of drug-likeness (QED) is 0.165. The van der Waals surface area contributed by atoms with E-state index in [-0.39, 0.29) is 5.41 Å². The standard InChI is InChI=1S/C56H37N3/c1-56(2)48-32-47-43(40-22-12-11-21-39(40)42-28-25-34-15-9-10-20-38(34)54(42)47)30-44(48)45-31-46-41-27-26-35(29-52(41)58(53(46)33-49(45)56)36-16-5-3-6-17-36)55-57-50-23-13-14-24-51(50)59(55)37-18-7-4-8-19-37/h3-33H,1-2H3. The highest BCUT2D eigenvalue weighted by molar-refractivity contribution is 6.32. The molecule has 3 nitrogen and oxygen atoms in total. The molecule has 0 fully saturated rings. The lowest BCUT2D eigenvalue weighted by Gasteiger charge is -2.23. The van der Waals surface area contributed by atoms with E-state index in [0.717, 1.165) is 33.8 Å². The number of fused-ring (bicyclic) bond motifs is 15. The lowest BCUT2D eigenvalue weighted by molar-refractivity contribution is 0.662. The largest absolute Gasteiger partial charge is 0.309 e. The van der Waals surface area contributed by atoms with Crippen molar-refractivity contribution in [2.24, 2.45) is 0 Å². The second-order valence-corrected chi connectivity index (χ2v) is 16.7. The fourth-order valence-electron chi connectivity index (χ4n) is 10.5. The van der Waals surface area contributed by atoms with E-state index < -0.39 is 0 Å². The number of benzene rings is 10. The summed E-state index contributed by atoms with van der Waals surface area (Å²) in [5.74, 6) is 0.932. The molecule has 0 unspecified atom stereocenters. The topological polar surface area (TPSA) is 22.8 Å². The zero-order chi connectivity index (χ0) is 39.0. The van der Waals surface area contributed by atoms with E-state index in [2.05, 4.69) is 211 Å². The fraction of sp³-hybridized carbons (Fsp3) is 0.0536. The summed E-state index contributed by atoms with van der Waals surface area (Å²) in [7, 11) is 0. The molecule has 2 heterocycles. The Hall–Kier alpha value is -7.49. The maximum Gasteiger partial charge on any atom is 0.145 e. The van der Waals surface area contributed by atoms with Crippen LogP contribution in [0.5, 0.6) is 0 Å². The van der Waals surface area contributed by atoms with E-state index >= 15 is 0 Å². The second-order valence-electron chi connectivity index (χ2n) is 16.7. The average Bonchev–Trinajstić information content (AvgIpc) is 3.90. The summed E-state index contributed by atoms with van der Waals surface area (Å²) in [5.41, 5.74) is 12.9. The lowest BCUT2D eigenvalue weighted by atomic mass is 9.80. The van der Waals surface area contributed by atoms with Crippen molar-refractivity contribution in [2.75, 3.05) is 0 Å². The first-order valence-corrected chi connectivity index (χ1v) is 20.6. The normalized spacial score (nSPS) is 13.4. The molecule has 0 radical (unpaired) electrons. The van der Waals surface area contributed by atoms with Gasteiger partial charge in [0, 0.05) is 33.1 Å². The number of hydrogen-bond acceptors (Lipinski definition) is 1. The minimum Gasteiger partial charge on any atom is -0.309 e. The molecular formula is C56H37N3. The van der Waals surface area contributed by atoms with E-state index in [1.54, 1.807) is 0 Å². The van der Waals surface area contributed by atoms with Crippen LogP contribution in [0.1, 0.15) is 25.0 Å². The minimum absolute atomic E-state index is 0.223. The van der Waals surface area contributed by atoms with Crippen molar-refractivity contribution >= 4 is 75.9 Å². The summed E-state index contributed by atoms with van der Waals surface area (Å²) < 4.78 is 4.76. The lowest BCUT2D eigenvalue weighted by Crippen LogP contribution is -2.15. The Kier molecular flexibility index (Phi) is 6.51. The van der Waals surface area contributed by atoms with Gasteiger partial charge in [0.05, 0.1) is 22.1 Å². The summed E-state index contributed by atoms with van der Waals surface area (Å²) in [4.78, 5) is 5.25. The van der Waals surface area contributed by atoms with Crippen molar-refractivity contribution in [3.8, 4) is 33.9 Å². The minimum atomic E-state index is -0.223. The fourth-order valence-corrected chi connectivity index (χ4v) is 10.5. The average molecular weight is 752 g/mol. The highest BCUT2D eigenvalue weighted by Crippen LogP contribution is 2.54. The maximum absolute atomic E-state index is 5.25. The molecule has 1 aliphatic carbocycles. The zero-order valence-corrected chi connectivity index (χ0v) is 32.7. The summed E-state index contributed by atoms with van der Waals surface area (Å²) in [5, 5.41) is 13.0. The van der Waals surface area contributed by atoms with Gasteiger partial charge in [0.15, 0.2) is 0 Å². The van der Waals surface area contributed by atoms with Crippen LogP contribution >= 0.6 is 0 Å². The Balaban J connectivity index is 1.10. The van der Waals surface area contributed by atoms with Crippen LogP contribution in [0, 0.1) is 0 Å². The summed E-state index contributed by atoms with van der Waals surface area (Å²) in [6, 6.07) is 69.2. The van der Waals surface area contributed by atoms with E-state index in [1.807, 2.05) is 0 Å². The Morgan fingerprint density at radius 3 is 1.76 bits per heavy atom. The van der Waals surface area contributed by atoms with Gasteiger partial charge >= 0.3 is 0 Å². The van der Waals surface area contributed by atoms with Crippen LogP contribution in [0.4, 0.5) is 0 Å². The van der Waals surface area contributed by atoms with Crippen molar-refractivity contribution < 1.29 is 0 Å². The van der Waals surface area contributed by atoms with Crippen LogP contribution in [0.25, 0.3) is 110 Å². The number of para-hydroxylation sites is 4. The van der Waals surface area contributed by atoms with E-state index in [4.69, 9.17) is 4.98 Å². The Morgan fingerprint density at radius 2 is 0.983 bits per heavy atom. The predicted molar refractivity (Wildman–Crippen MR) is 248 cm³/mol.